The highest BCUT2D eigenvalue weighted by molar-refractivity contribution is 5.92. The van der Waals surface area contributed by atoms with E-state index in [1.165, 1.54) is 6.07 Å². The lowest BCUT2D eigenvalue weighted by Crippen LogP contribution is -2.02. The van der Waals surface area contributed by atoms with E-state index in [1.807, 2.05) is 19.1 Å². The van der Waals surface area contributed by atoms with Gasteiger partial charge in [-0.15, -0.1) is 0 Å². The van der Waals surface area contributed by atoms with Gasteiger partial charge in [0.2, 0.25) is 0 Å². The number of H-pyrrole nitrogens is 1. The fourth-order valence-electron chi connectivity index (χ4n) is 2.91. The van der Waals surface area contributed by atoms with Crippen molar-refractivity contribution in [1.82, 2.24) is 4.98 Å². The number of halogens is 1. The molecule has 0 atom stereocenters. The van der Waals surface area contributed by atoms with Crippen molar-refractivity contribution in [2.45, 2.75) is 13.3 Å². The molecule has 1 N–H and O–H groups in total. The average molecular weight is 320 g/mol. The fraction of sp³-hybridized carbons (Fsp3) is 0.150. The number of hydrogen-bond acceptors (Lipinski definition) is 2. The minimum Gasteiger partial charge on any atom is -0.494 e. The molecule has 0 saturated heterocycles. The second kappa shape index (κ2) is 6.59. The normalized spacial score (nSPS) is 10.5. The molecule has 3 nitrogen and oxygen atoms in total. The second-order valence-electron chi connectivity index (χ2n) is 5.50. The SMILES string of the molecule is C=C(OCC)c1c(Cc2cccc(C#N)c2)c(F)cc2[nH]ccc12. The lowest BCUT2D eigenvalue weighted by molar-refractivity contribution is 0.299. The molecule has 1 aromatic heterocycles. The highest BCUT2D eigenvalue weighted by Crippen LogP contribution is 2.32. The molecule has 0 fully saturated rings. The first kappa shape index (κ1) is 15.8. The molecule has 0 radical (unpaired) electrons. The molecule has 3 rings (SSSR count). The highest BCUT2D eigenvalue weighted by Gasteiger charge is 2.18. The molecule has 1 heterocycles. The molecule has 0 saturated carbocycles. The number of rotatable bonds is 5. The Balaban J connectivity index is 2.15. The highest BCUT2D eigenvalue weighted by atomic mass is 19.1. The third-order valence-corrected chi connectivity index (χ3v) is 3.94. The Bertz CT molecular complexity index is 950. The van der Waals surface area contributed by atoms with Gasteiger partial charge in [0.15, 0.2) is 0 Å². The van der Waals surface area contributed by atoms with Crippen LogP contribution in [0.4, 0.5) is 4.39 Å². The summed E-state index contributed by atoms with van der Waals surface area (Å²) in [5, 5.41) is 9.92. The first-order valence-corrected chi connectivity index (χ1v) is 7.73. The predicted molar refractivity (Wildman–Crippen MR) is 92.9 cm³/mol. The minimum absolute atomic E-state index is 0.317. The van der Waals surface area contributed by atoms with Crippen molar-refractivity contribution in [1.29, 1.82) is 5.26 Å². The van der Waals surface area contributed by atoms with E-state index >= 15 is 0 Å². The second-order valence-corrected chi connectivity index (χ2v) is 5.50. The summed E-state index contributed by atoms with van der Waals surface area (Å²) in [6.45, 7) is 6.30. The molecule has 0 aliphatic carbocycles. The molecule has 24 heavy (non-hydrogen) atoms. The summed E-state index contributed by atoms with van der Waals surface area (Å²) in [6.07, 6.45) is 2.14. The van der Waals surface area contributed by atoms with Gasteiger partial charge in [-0.1, -0.05) is 18.7 Å². The molecule has 4 heteroatoms. The molecule has 0 bridgehead atoms. The van der Waals surface area contributed by atoms with Crippen LogP contribution in [0, 0.1) is 17.1 Å². The van der Waals surface area contributed by atoms with Crippen LogP contribution >= 0.6 is 0 Å². The number of aromatic amines is 1. The fourth-order valence-corrected chi connectivity index (χ4v) is 2.91. The zero-order chi connectivity index (χ0) is 17.1. The minimum atomic E-state index is -0.317. The van der Waals surface area contributed by atoms with Crippen molar-refractivity contribution in [3.63, 3.8) is 0 Å². The smallest absolute Gasteiger partial charge is 0.129 e. The quantitative estimate of drug-likeness (QED) is 0.688. The number of nitrogens with one attached hydrogen (secondary N) is 1. The van der Waals surface area contributed by atoms with Gasteiger partial charge in [0.25, 0.3) is 0 Å². The van der Waals surface area contributed by atoms with E-state index in [-0.39, 0.29) is 5.82 Å². The van der Waals surface area contributed by atoms with Crippen LogP contribution in [0.1, 0.15) is 29.2 Å². The Morgan fingerprint density at radius 2 is 2.17 bits per heavy atom. The zero-order valence-corrected chi connectivity index (χ0v) is 13.4. The van der Waals surface area contributed by atoms with Crippen molar-refractivity contribution < 1.29 is 9.13 Å². The van der Waals surface area contributed by atoms with Crippen LogP contribution in [0.5, 0.6) is 0 Å². The summed E-state index contributed by atoms with van der Waals surface area (Å²) in [5.41, 5.74) is 3.33. The molecule has 0 amide bonds. The van der Waals surface area contributed by atoms with Crippen LogP contribution in [0.3, 0.4) is 0 Å². The number of aromatic nitrogens is 1. The molecule has 0 aliphatic heterocycles. The number of hydrogen-bond donors (Lipinski definition) is 1. The first-order valence-electron chi connectivity index (χ1n) is 7.73. The van der Waals surface area contributed by atoms with Crippen LogP contribution < -0.4 is 0 Å². The van der Waals surface area contributed by atoms with Gasteiger partial charge < -0.3 is 9.72 Å². The molecular weight excluding hydrogens is 303 g/mol. The van der Waals surface area contributed by atoms with Crippen molar-refractivity contribution >= 4 is 16.7 Å². The zero-order valence-electron chi connectivity index (χ0n) is 13.4. The summed E-state index contributed by atoms with van der Waals surface area (Å²) in [4.78, 5) is 3.03. The molecule has 0 unspecified atom stereocenters. The lowest BCUT2D eigenvalue weighted by atomic mass is 9.94. The molecule has 3 aromatic rings. The Morgan fingerprint density at radius 1 is 1.33 bits per heavy atom. The van der Waals surface area contributed by atoms with Gasteiger partial charge in [0.1, 0.15) is 11.6 Å². The molecular formula is C20H17FN2O. The van der Waals surface area contributed by atoms with Crippen LogP contribution in [0.2, 0.25) is 0 Å². The van der Waals surface area contributed by atoms with E-state index in [0.29, 0.717) is 41.0 Å². The van der Waals surface area contributed by atoms with Crippen molar-refractivity contribution in [3.8, 4) is 6.07 Å². The van der Waals surface area contributed by atoms with E-state index in [1.54, 1.807) is 24.4 Å². The topological polar surface area (TPSA) is 48.8 Å². The van der Waals surface area contributed by atoms with Crippen molar-refractivity contribution in [3.05, 3.63) is 77.2 Å². The number of nitrogens with zero attached hydrogens (tertiary/aromatic N) is 1. The van der Waals surface area contributed by atoms with E-state index in [4.69, 9.17) is 10.00 Å². The molecule has 0 aliphatic rings. The maximum atomic E-state index is 14.7. The Hall–Kier alpha value is -3.06. The van der Waals surface area contributed by atoms with Gasteiger partial charge in [-0.25, -0.2) is 4.39 Å². The number of nitriles is 1. The Labute approximate surface area is 140 Å². The van der Waals surface area contributed by atoms with Gasteiger partial charge in [0, 0.05) is 34.6 Å². The summed E-state index contributed by atoms with van der Waals surface area (Å²) >= 11 is 0. The maximum Gasteiger partial charge on any atom is 0.129 e. The van der Waals surface area contributed by atoms with Gasteiger partial charge in [-0.2, -0.15) is 5.26 Å². The monoisotopic (exact) mass is 320 g/mol. The van der Waals surface area contributed by atoms with Crippen LogP contribution in [-0.2, 0) is 11.2 Å². The Kier molecular flexibility index (Phi) is 4.35. The van der Waals surface area contributed by atoms with Crippen LogP contribution in [0.25, 0.3) is 16.7 Å². The van der Waals surface area contributed by atoms with E-state index in [0.717, 1.165) is 10.9 Å². The first-order chi connectivity index (χ1) is 11.6. The van der Waals surface area contributed by atoms with Crippen LogP contribution in [-0.4, -0.2) is 11.6 Å². The molecule has 0 spiro atoms. The van der Waals surface area contributed by atoms with Gasteiger partial charge in [-0.05, 0) is 36.8 Å². The standard InChI is InChI=1S/C20H17FN2O/c1-3-24-13(2)20-16-7-8-23-19(16)11-18(21)17(20)10-14-5-4-6-15(9-14)12-22/h4-9,11,23H,2-3,10H2,1H3. The number of ether oxygens (including phenoxy) is 1. The van der Waals surface area contributed by atoms with E-state index in [9.17, 15) is 4.39 Å². The number of benzene rings is 2. The number of fused-ring (bicyclic) bond motifs is 1. The lowest BCUT2D eigenvalue weighted by Gasteiger charge is -2.15. The summed E-state index contributed by atoms with van der Waals surface area (Å²) in [7, 11) is 0. The predicted octanol–water partition coefficient (Wildman–Crippen LogP) is 4.78. The molecule has 2 aromatic carbocycles. The molecule has 120 valence electrons. The van der Waals surface area contributed by atoms with Gasteiger partial charge >= 0.3 is 0 Å². The van der Waals surface area contributed by atoms with E-state index in [2.05, 4.69) is 17.6 Å². The van der Waals surface area contributed by atoms with Gasteiger partial charge in [0.05, 0.1) is 18.2 Å². The van der Waals surface area contributed by atoms with E-state index < -0.39 is 0 Å². The van der Waals surface area contributed by atoms with Crippen molar-refractivity contribution in [2.24, 2.45) is 0 Å². The summed E-state index contributed by atoms with van der Waals surface area (Å²) in [6, 6.07) is 12.7. The third kappa shape index (κ3) is 2.89. The largest absolute Gasteiger partial charge is 0.494 e. The Morgan fingerprint density at radius 3 is 2.92 bits per heavy atom. The summed E-state index contributed by atoms with van der Waals surface area (Å²) in [5.74, 6) is 0.135. The third-order valence-electron chi connectivity index (χ3n) is 3.94. The maximum absolute atomic E-state index is 14.7. The van der Waals surface area contributed by atoms with Crippen LogP contribution in [0.15, 0.2) is 49.2 Å². The van der Waals surface area contributed by atoms with Crippen molar-refractivity contribution in [2.75, 3.05) is 6.61 Å². The van der Waals surface area contributed by atoms with Gasteiger partial charge in [-0.3, -0.25) is 0 Å². The average Bonchev–Trinajstić information content (AvgIpc) is 3.03. The summed E-state index contributed by atoms with van der Waals surface area (Å²) < 4.78 is 20.3.